The van der Waals surface area contributed by atoms with Crippen LogP contribution in [0, 0.1) is 5.41 Å². The Morgan fingerprint density at radius 2 is 1.56 bits per heavy atom. The van der Waals surface area contributed by atoms with E-state index in [0.29, 0.717) is 51.2 Å². The van der Waals surface area contributed by atoms with Crippen molar-refractivity contribution >= 4 is 30.7 Å². The second-order valence-corrected chi connectivity index (χ2v) is 13.2. The maximum Gasteiger partial charge on any atom is 0.323 e. The van der Waals surface area contributed by atoms with Crippen LogP contribution in [0.2, 0.25) is 0 Å². The number of rotatable bonds is 11. The molecule has 3 saturated heterocycles. The molecular formula is C36H49Cl2N5O5. The molecule has 0 spiro atoms. The molecule has 0 saturated carbocycles. The summed E-state index contributed by atoms with van der Waals surface area (Å²) in [6.07, 6.45) is -0.0901. The Morgan fingerprint density at radius 1 is 0.938 bits per heavy atom. The Morgan fingerprint density at radius 3 is 2.10 bits per heavy atom. The first-order chi connectivity index (χ1) is 22.3. The van der Waals surface area contributed by atoms with E-state index in [1.165, 1.54) is 11.1 Å². The number of carbonyl (C=O) groups is 1. The van der Waals surface area contributed by atoms with Gasteiger partial charge in [-0.3, -0.25) is 14.6 Å². The molecule has 3 aliphatic rings. The van der Waals surface area contributed by atoms with Crippen molar-refractivity contribution in [1.29, 1.82) is 0 Å². The van der Waals surface area contributed by atoms with Gasteiger partial charge in [0.05, 0.1) is 44.0 Å². The van der Waals surface area contributed by atoms with E-state index in [0.717, 1.165) is 25.2 Å². The molecule has 3 fully saturated rings. The van der Waals surface area contributed by atoms with Gasteiger partial charge in [0.25, 0.3) is 0 Å². The Balaban J connectivity index is 0.00000260. The summed E-state index contributed by atoms with van der Waals surface area (Å²) in [5, 5.41) is 0. The number of amides is 1. The molecule has 1 amide bonds. The van der Waals surface area contributed by atoms with Crippen LogP contribution in [0.15, 0.2) is 60.7 Å². The Kier molecular flexibility index (Phi) is 12.9. The minimum Gasteiger partial charge on any atom is -0.481 e. The second kappa shape index (κ2) is 16.5. The van der Waals surface area contributed by atoms with Gasteiger partial charge in [-0.05, 0) is 38.8 Å². The third kappa shape index (κ3) is 8.00. The number of benzene rings is 2. The van der Waals surface area contributed by atoms with Crippen LogP contribution < -0.4 is 14.2 Å². The lowest BCUT2D eigenvalue weighted by atomic mass is 9.81. The van der Waals surface area contributed by atoms with E-state index in [1.807, 2.05) is 27.7 Å². The zero-order chi connectivity index (χ0) is 32.3. The number of nitrogens with zero attached hydrogens (tertiary/aromatic N) is 5. The van der Waals surface area contributed by atoms with E-state index < -0.39 is 5.41 Å². The Bertz CT molecular complexity index is 1440. The van der Waals surface area contributed by atoms with Crippen molar-refractivity contribution in [3.05, 3.63) is 77.4 Å². The first-order valence-corrected chi connectivity index (χ1v) is 16.5. The van der Waals surface area contributed by atoms with Crippen LogP contribution in [0.1, 0.15) is 50.3 Å². The number of fused-ring (bicyclic) bond motifs is 1. The van der Waals surface area contributed by atoms with E-state index in [9.17, 15) is 4.79 Å². The van der Waals surface area contributed by atoms with Crippen LogP contribution >= 0.6 is 24.8 Å². The molecule has 0 N–H and O–H groups in total. The predicted molar refractivity (Wildman–Crippen MR) is 190 cm³/mol. The molecule has 48 heavy (non-hydrogen) atoms. The van der Waals surface area contributed by atoms with E-state index in [4.69, 9.17) is 18.9 Å². The van der Waals surface area contributed by atoms with Crippen LogP contribution in [0.25, 0.3) is 0 Å². The van der Waals surface area contributed by atoms with Gasteiger partial charge in [-0.1, -0.05) is 60.7 Å². The highest BCUT2D eigenvalue weighted by Gasteiger charge is 2.48. The van der Waals surface area contributed by atoms with Gasteiger partial charge in [0, 0.05) is 57.3 Å². The van der Waals surface area contributed by atoms with Crippen molar-refractivity contribution in [2.24, 2.45) is 5.41 Å². The summed E-state index contributed by atoms with van der Waals surface area (Å²) >= 11 is 0. The summed E-state index contributed by atoms with van der Waals surface area (Å²) < 4.78 is 23.2. The van der Waals surface area contributed by atoms with Crippen molar-refractivity contribution < 1.29 is 23.7 Å². The van der Waals surface area contributed by atoms with Gasteiger partial charge < -0.3 is 23.8 Å². The summed E-state index contributed by atoms with van der Waals surface area (Å²) in [4.78, 5) is 30.1. The summed E-state index contributed by atoms with van der Waals surface area (Å²) in [7, 11) is 1.62. The highest BCUT2D eigenvalue weighted by Crippen LogP contribution is 2.38. The zero-order valence-corrected chi connectivity index (χ0v) is 30.2. The molecule has 4 heterocycles. The molecule has 262 valence electrons. The maximum absolute atomic E-state index is 13.7. The maximum atomic E-state index is 13.7. The molecule has 3 aliphatic heterocycles. The lowest BCUT2D eigenvalue weighted by Crippen LogP contribution is -2.68. The van der Waals surface area contributed by atoms with Gasteiger partial charge in [0.2, 0.25) is 17.7 Å². The van der Waals surface area contributed by atoms with Crippen molar-refractivity contribution in [2.75, 3.05) is 59.7 Å². The number of hydrogen-bond acceptors (Lipinski definition) is 9. The molecular weight excluding hydrogens is 653 g/mol. The van der Waals surface area contributed by atoms with Crippen LogP contribution in [0.5, 0.6) is 17.8 Å². The molecule has 6 rings (SSSR count). The van der Waals surface area contributed by atoms with Crippen molar-refractivity contribution in [2.45, 2.75) is 58.3 Å². The van der Waals surface area contributed by atoms with Gasteiger partial charge in [-0.15, -0.1) is 24.8 Å². The largest absolute Gasteiger partial charge is 0.481 e. The average Bonchev–Trinajstić information content (AvgIpc) is 3.05. The second-order valence-electron chi connectivity index (χ2n) is 13.2. The zero-order valence-electron chi connectivity index (χ0n) is 28.5. The molecule has 2 atom stereocenters. The molecule has 3 aromatic rings. The normalized spacial score (nSPS) is 20.6. The summed E-state index contributed by atoms with van der Waals surface area (Å²) in [5.41, 5.74) is 2.93. The SMILES string of the molecule is CCOc1nc(OC)c(CN2CC(C(c3ccccc3)c3ccccc3)N3CCN(C(=O)C4(C)COC4)C[C@H]3C2)c(OC(C)C)n1.Cl.Cl. The van der Waals surface area contributed by atoms with E-state index in [2.05, 4.69) is 85.3 Å². The first-order valence-electron chi connectivity index (χ1n) is 16.5. The minimum absolute atomic E-state index is 0. The first kappa shape index (κ1) is 37.7. The molecule has 1 unspecified atom stereocenters. The summed E-state index contributed by atoms with van der Waals surface area (Å²) in [5.74, 6) is 1.26. The third-order valence-electron chi connectivity index (χ3n) is 9.32. The van der Waals surface area contributed by atoms with Crippen molar-refractivity contribution in [3.63, 3.8) is 0 Å². The van der Waals surface area contributed by atoms with Crippen LogP contribution in [0.4, 0.5) is 0 Å². The van der Waals surface area contributed by atoms with Crippen molar-refractivity contribution in [1.82, 2.24) is 24.7 Å². The van der Waals surface area contributed by atoms with E-state index in [1.54, 1.807) is 7.11 Å². The molecule has 12 heteroatoms. The number of aromatic nitrogens is 2. The Hall–Kier alpha value is -3.15. The fourth-order valence-electron chi connectivity index (χ4n) is 7.16. The minimum atomic E-state index is -0.428. The third-order valence-corrected chi connectivity index (χ3v) is 9.32. The lowest BCUT2D eigenvalue weighted by Gasteiger charge is -2.54. The summed E-state index contributed by atoms with van der Waals surface area (Å²) in [6.45, 7) is 13.6. The summed E-state index contributed by atoms with van der Waals surface area (Å²) in [6, 6.07) is 22.1. The molecule has 10 nitrogen and oxygen atoms in total. The number of piperazine rings is 2. The van der Waals surface area contributed by atoms with Crippen molar-refractivity contribution in [3.8, 4) is 17.8 Å². The number of hydrogen-bond donors (Lipinski definition) is 0. The molecule has 2 aromatic carbocycles. The fourth-order valence-corrected chi connectivity index (χ4v) is 7.16. The van der Waals surface area contributed by atoms with Gasteiger partial charge in [0.15, 0.2) is 0 Å². The number of methoxy groups -OCH3 is 1. The van der Waals surface area contributed by atoms with Crippen LogP contribution in [-0.2, 0) is 16.1 Å². The topological polar surface area (TPSA) is 89.5 Å². The predicted octanol–water partition coefficient (Wildman–Crippen LogP) is 5.08. The Labute approximate surface area is 296 Å². The highest BCUT2D eigenvalue weighted by atomic mass is 35.5. The molecule has 1 aromatic heterocycles. The highest BCUT2D eigenvalue weighted by molar-refractivity contribution is 5.85. The van der Waals surface area contributed by atoms with Crippen LogP contribution in [-0.4, -0.2) is 108 Å². The number of ether oxygens (including phenoxy) is 4. The standard InChI is InChI=1S/C36H47N5O5.2ClH/c1-6-45-35-37-32(43-5)29(33(38-35)46-25(2)3)21-39-19-28-20-40(34(42)36(4)23-44-24-36)17-18-41(28)30(22-39)31(26-13-9-7-10-14-26)27-15-11-8-12-16-27;;/h7-16,25,28,30-31H,6,17-24H2,1-5H3;2*1H/t28-,30?;;/m1../s1. The van der Waals surface area contributed by atoms with Gasteiger partial charge in [0.1, 0.15) is 0 Å². The fraction of sp³-hybridized carbons (Fsp3) is 0.528. The smallest absolute Gasteiger partial charge is 0.323 e. The number of carbonyl (C=O) groups excluding carboxylic acids is 1. The van der Waals surface area contributed by atoms with Gasteiger partial charge in [-0.25, -0.2) is 0 Å². The van der Waals surface area contributed by atoms with Crippen LogP contribution in [0.3, 0.4) is 0 Å². The average molecular weight is 703 g/mol. The number of halogens is 2. The molecule has 0 radical (unpaired) electrons. The molecule has 0 aliphatic carbocycles. The van der Waals surface area contributed by atoms with Gasteiger partial charge in [-0.2, -0.15) is 9.97 Å². The molecule has 0 bridgehead atoms. The quantitative estimate of drug-likeness (QED) is 0.272. The monoisotopic (exact) mass is 701 g/mol. The lowest BCUT2D eigenvalue weighted by molar-refractivity contribution is -0.173. The van der Waals surface area contributed by atoms with E-state index in [-0.39, 0.29) is 60.8 Å². The van der Waals surface area contributed by atoms with E-state index >= 15 is 0 Å². The van der Waals surface area contributed by atoms with Gasteiger partial charge >= 0.3 is 6.01 Å².